The summed E-state index contributed by atoms with van der Waals surface area (Å²) in [6.45, 7) is 5.33. The highest BCUT2D eigenvalue weighted by Crippen LogP contribution is 2.20. The summed E-state index contributed by atoms with van der Waals surface area (Å²) in [7, 11) is -2.03. The van der Waals surface area contributed by atoms with Crippen molar-refractivity contribution in [1.29, 1.82) is 0 Å². The molecule has 0 radical (unpaired) electrons. The number of carbonyl (C=O) groups excluding carboxylic acids is 1. The van der Waals surface area contributed by atoms with Crippen molar-refractivity contribution in [3.05, 3.63) is 53.2 Å². The van der Waals surface area contributed by atoms with Crippen LogP contribution in [-0.2, 0) is 16.6 Å². The maximum absolute atomic E-state index is 12.9. The van der Waals surface area contributed by atoms with E-state index in [4.69, 9.17) is 4.74 Å². The highest BCUT2D eigenvalue weighted by atomic mass is 32.2. The van der Waals surface area contributed by atoms with Gasteiger partial charge in [-0.25, -0.2) is 18.2 Å². The Morgan fingerprint density at radius 2 is 1.86 bits per heavy atom. The Morgan fingerprint density at radius 1 is 1.14 bits per heavy atom. The maximum atomic E-state index is 12.9. The number of sulfonamides is 1. The van der Waals surface area contributed by atoms with Crippen LogP contribution in [0, 0.1) is 13.8 Å². The van der Waals surface area contributed by atoms with E-state index in [0.29, 0.717) is 23.9 Å². The average Bonchev–Trinajstić information content (AvgIpc) is 2.74. The van der Waals surface area contributed by atoms with Crippen LogP contribution < -0.4 is 10.1 Å². The number of methoxy groups -OCH3 is 1. The molecule has 0 saturated carbocycles. The Hall–Kier alpha value is -2.65. The number of amides is 2. The number of rotatable bonds is 5. The molecular formula is C20H26N4O4S. The summed E-state index contributed by atoms with van der Waals surface area (Å²) in [5, 5.41) is 2.84. The number of piperazine rings is 1. The number of hydrogen-bond donors (Lipinski definition) is 1. The van der Waals surface area contributed by atoms with Crippen LogP contribution in [0.1, 0.15) is 16.7 Å². The normalized spacial score (nSPS) is 15.2. The molecule has 1 fully saturated rings. The predicted molar refractivity (Wildman–Crippen MR) is 109 cm³/mol. The van der Waals surface area contributed by atoms with E-state index in [-0.39, 0.29) is 25.7 Å². The van der Waals surface area contributed by atoms with E-state index in [0.717, 1.165) is 16.7 Å². The number of aryl methyl sites for hydroxylation is 2. The third-order valence-corrected chi connectivity index (χ3v) is 7.01. The minimum atomic E-state index is -3.56. The second-order valence-corrected chi connectivity index (χ2v) is 8.91. The van der Waals surface area contributed by atoms with Gasteiger partial charge >= 0.3 is 6.03 Å². The van der Waals surface area contributed by atoms with Crippen molar-refractivity contribution in [2.45, 2.75) is 25.3 Å². The monoisotopic (exact) mass is 418 g/mol. The Morgan fingerprint density at radius 3 is 2.52 bits per heavy atom. The molecule has 1 aromatic heterocycles. The van der Waals surface area contributed by atoms with Gasteiger partial charge in [-0.3, -0.25) is 0 Å². The largest absolute Gasteiger partial charge is 0.481 e. The van der Waals surface area contributed by atoms with Crippen molar-refractivity contribution in [3.8, 4) is 5.88 Å². The lowest BCUT2D eigenvalue weighted by Crippen LogP contribution is -2.52. The molecule has 29 heavy (non-hydrogen) atoms. The number of hydrogen-bond acceptors (Lipinski definition) is 5. The Balaban J connectivity index is 1.58. The number of nitrogens with zero attached hydrogens (tertiary/aromatic N) is 3. The van der Waals surface area contributed by atoms with Crippen molar-refractivity contribution < 1.29 is 17.9 Å². The number of urea groups is 1. The third-order valence-electron chi connectivity index (χ3n) is 5.12. The van der Waals surface area contributed by atoms with Gasteiger partial charge in [0.25, 0.3) is 0 Å². The number of carbonyl (C=O) groups is 1. The van der Waals surface area contributed by atoms with Gasteiger partial charge in [-0.05, 0) is 43.2 Å². The van der Waals surface area contributed by atoms with Gasteiger partial charge in [0.15, 0.2) is 0 Å². The first-order chi connectivity index (χ1) is 13.8. The number of pyridine rings is 1. The maximum Gasteiger partial charge on any atom is 0.317 e. The van der Waals surface area contributed by atoms with Crippen molar-refractivity contribution >= 4 is 16.1 Å². The number of ether oxygens (including phenoxy) is 1. The van der Waals surface area contributed by atoms with Gasteiger partial charge in [-0.1, -0.05) is 12.1 Å². The molecule has 1 N–H and O–H groups in total. The highest BCUT2D eigenvalue weighted by Gasteiger charge is 2.30. The van der Waals surface area contributed by atoms with E-state index in [2.05, 4.69) is 10.3 Å². The van der Waals surface area contributed by atoms with Crippen LogP contribution >= 0.6 is 0 Å². The van der Waals surface area contributed by atoms with Crippen LogP contribution in [0.5, 0.6) is 5.88 Å². The summed E-state index contributed by atoms with van der Waals surface area (Å²) in [5.74, 6) is 0.470. The first-order valence-corrected chi connectivity index (χ1v) is 10.8. The molecule has 3 rings (SSSR count). The zero-order valence-corrected chi connectivity index (χ0v) is 17.7. The molecule has 1 aliphatic heterocycles. The van der Waals surface area contributed by atoms with E-state index in [1.165, 1.54) is 11.4 Å². The minimum absolute atomic E-state index is 0.237. The summed E-state index contributed by atoms with van der Waals surface area (Å²) in [6.07, 6.45) is 1.62. The van der Waals surface area contributed by atoms with E-state index < -0.39 is 10.0 Å². The molecule has 1 aromatic carbocycles. The van der Waals surface area contributed by atoms with Crippen molar-refractivity contribution in [3.63, 3.8) is 0 Å². The van der Waals surface area contributed by atoms with Crippen molar-refractivity contribution in [2.24, 2.45) is 0 Å². The predicted octanol–water partition coefficient (Wildman–Crippen LogP) is 1.92. The summed E-state index contributed by atoms with van der Waals surface area (Å²) >= 11 is 0. The van der Waals surface area contributed by atoms with Gasteiger partial charge in [0.1, 0.15) is 0 Å². The van der Waals surface area contributed by atoms with Crippen LogP contribution in [0.4, 0.5) is 4.79 Å². The molecule has 0 unspecified atom stereocenters. The standard InChI is InChI=1S/C20H26N4O4S/c1-15-6-7-18(13-16(15)2)29(26,27)24-11-9-23(10-12-24)20(25)22-14-17-5-4-8-21-19(17)28-3/h4-8,13H,9-12,14H2,1-3H3,(H,22,25). The Bertz CT molecular complexity index is 986. The topological polar surface area (TPSA) is 91.8 Å². The van der Waals surface area contributed by atoms with Crippen LogP contribution in [0.25, 0.3) is 0 Å². The minimum Gasteiger partial charge on any atom is -0.481 e. The van der Waals surface area contributed by atoms with E-state index >= 15 is 0 Å². The average molecular weight is 419 g/mol. The molecule has 156 valence electrons. The fourth-order valence-electron chi connectivity index (χ4n) is 3.18. The molecule has 1 aliphatic rings. The first kappa shape index (κ1) is 21.1. The molecule has 8 nitrogen and oxygen atoms in total. The van der Waals surface area contributed by atoms with Gasteiger partial charge in [-0.2, -0.15) is 4.31 Å². The van der Waals surface area contributed by atoms with Gasteiger partial charge in [0.05, 0.1) is 12.0 Å². The molecule has 0 atom stereocenters. The second-order valence-electron chi connectivity index (χ2n) is 6.97. The van der Waals surface area contributed by atoms with Crippen LogP contribution in [0.15, 0.2) is 41.4 Å². The quantitative estimate of drug-likeness (QED) is 0.801. The van der Waals surface area contributed by atoms with E-state index in [9.17, 15) is 13.2 Å². The molecular weight excluding hydrogens is 392 g/mol. The molecule has 0 spiro atoms. The van der Waals surface area contributed by atoms with Crippen LogP contribution in [0.3, 0.4) is 0 Å². The van der Waals surface area contributed by atoms with Gasteiger partial charge in [-0.15, -0.1) is 0 Å². The zero-order chi connectivity index (χ0) is 21.0. The molecule has 2 aromatic rings. The molecule has 2 heterocycles. The fourth-order valence-corrected chi connectivity index (χ4v) is 4.69. The smallest absolute Gasteiger partial charge is 0.317 e. The van der Waals surface area contributed by atoms with Gasteiger partial charge in [0, 0.05) is 44.5 Å². The molecule has 9 heteroatoms. The van der Waals surface area contributed by atoms with Gasteiger partial charge in [0.2, 0.25) is 15.9 Å². The molecule has 0 aliphatic carbocycles. The van der Waals surface area contributed by atoms with Crippen LogP contribution in [-0.4, -0.2) is 61.9 Å². The third kappa shape index (κ3) is 4.68. The first-order valence-electron chi connectivity index (χ1n) is 9.41. The number of aromatic nitrogens is 1. The molecule has 1 saturated heterocycles. The van der Waals surface area contributed by atoms with E-state index in [1.807, 2.05) is 26.0 Å². The summed E-state index contributed by atoms with van der Waals surface area (Å²) < 4.78 is 32.4. The lowest BCUT2D eigenvalue weighted by atomic mass is 10.1. The molecule has 2 amide bonds. The summed E-state index contributed by atoms with van der Waals surface area (Å²) in [5.41, 5.74) is 2.77. The van der Waals surface area contributed by atoms with E-state index in [1.54, 1.807) is 29.3 Å². The highest BCUT2D eigenvalue weighted by molar-refractivity contribution is 7.89. The number of benzene rings is 1. The lowest BCUT2D eigenvalue weighted by molar-refractivity contribution is 0.172. The Kier molecular flexibility index (Phi) is 6.39. The summed E-state index contributed by atoms with van der Waals surface area (Å²) in [6, 6.07) is 8.53. The zero-order valence-electron chi connectivity index (χ0n) is 16.9. The second kappa shape index (κ2) is 8.79. The molecule has 0 bridgehead atoms. The van der Waals surface area contributed by atoms with Gasteiger partial charge < -0.3 is 15.0 Å². The fraction of sp³-hybridized carbons (Fsp3) is 0.400. The SMILES string of the molecule is COc1ncccc1CNC(=O)N1CCN(S(=O)(=O)c2ccc(C)c(C)c2)CC1. The van der Waals surface area contributed by atoms with Crippen molar-refractivity contribution in [1.82, 2.24) is 19.5 Å². The summed E-state index contributed by atoms with van der Waals surface area (Å²) in [4.78, 5) is 18.5. The number of nitrogens with one attached hydrogen (secondary N) is 1. The lowest BCUT2D eigenvalue weighted by Gasteiger charge is -2.34. The Labute approximate surface area is 171 Å². The van der Waals surface area contributed by atoms with Crippen molar-refractivity contribution in [2.75, 3.05) is 33.3 Å². The van der Waals surface area contributed by atoms with Crippen LogP contribution in [0.2, 0.25) is 0 Å².